The molecule has 0 aromatic rings. The molecule has 19 nitrogen and oxygen atoms in total. The first-order valence-corrected chi connectivity index (χ1v) is 30.7. The van der Waals surface area contributed by atoms with Gasteiger partial charge in [-0.15, -0.1) is 0 Å². The van der Waals surface area contributed by atoms with E-state index in [4.69, 9.17) is 49.4 Å². The first-order chi connectivity index (χ1) is 39.2. The highest BCUT2D eigenvalue weighted by molar-refractivity contribution is 5.92. The van der Waals surface area contributed by atoms with Gasteiger partial charge in [-0.3, -0.25) is 19.2 Å². The maximum atomic E-state index is 13.3. The van der Waals surface area contributed by atoms with Crippen molar-refractivity contribution in [2.45, 2.75) is 226 Å². The van der Waals surface area contributed by atoms with E-state index in [0.717, 1.165) is 17.4 Å². The molecule has 4 rings (SSSR count). The number of hydrogen-bond acceptors (Lipinski definition) is 19. The van der Waals surface area contributed by atoms with Gasteiger partial charge in [0.2, 0.25) is 0 Å². The van der Waals surface area contributed by atoms with Gasteiger partial charge in [-0.2, -0.15) is 0 Å². The van der Waals surface area contributed by atoms with Crippen LogP contribution in [0.3, 0.4) is 0 Å². The van der Waals surface area contributed by atoms with Crippen LogP contribution < -0.4 is 11.5 Å². The van der Waals surface area contributed by atoms with Crippen LogP contribution in [-0.2, 0) is 61.9 Å². The van der Waals surface area contributed by atoms with E-state index in [1.54, 1.807) is 38.5 Å². The van der Waals surface area contributed by atoms with Crippen LogP contribution in [0.1, 0.15) is 146 Å². The number of rotatable bonds is 16. The summed E-state index contributed by atoms with van der Waals surface area (Å²) in [5.41, 5.74) is 13.8. The molecule has 0 aromatic heterocycles. The predicted molar refractivity (Wildman–Crippen MR) is 320 cm³/mol. The molecule has 0 bridgehead atoms. The number of cyclic esters (lactones) is 2. The van der Waals surface area contributed by atoms with Crippen LogP contribution in [0.4, 0.5) is 0 Å². The van der Waals surface area contributed by atoms with Gasteiger partial charge in [-0.25, -0.2) is 0 Å². The van der Waals surface area contributed by atoms with Gasteiger partial charge >= 0.3 is 11.9 Å². The monoisotopic (exact) mass is 1170 g/mol. The van der Waals surface area contributed by atoms with Crippen molar-refractivity contribution in [3.05, 3.63) is 47.6 Å². The van der Waals surface area contributed by atoms with Gasteiger partial charge in [-0.05, 0) is 143 Å². The summed E-state index contributed by atoms with van der Waals surface area (Å²) in [6.45, 7) is 20.1. The number of allylic oxidation sites excluding steroid dienone is 6. The maximum absolute atomic E-state index is 13.3. The standard InChI is InChI=1S/C33H58N2O8.C31H52N2O7/c1-10-28-25(19-34)15-20(2)11-13-27(36)22(4)16-24(18-30(39-8)40-9)32(21(3)12-14-29(37)42-28)43-33-31(38)26(35(6)7)17-23(5)41-33;1-8-27-24(18-32)15-19(2)9-11-26(35)21(4)16-23(13-14-34)30(20(3)10-12-28(36)39-27)40-31-29(37)25(33(6)7)17-22(5)38-31/h11,13,15,21-26,28,30-33,38H,10,12,14,16-19,34H2,1-9H3;9,11,14-15,20-25,27,29-31,37H,8,10,12-13,16-18,32H2,1-7H3/b13-11+,20-15+;11-9+,19-15+/t21-,22+,23?,24+,25+,26?,28+,31?,32+,33?;20-,21+,22?,23-,24+,25?,27+,29?,30+,31?/m00/s1. The third-order valence-electron chi connectivity index (χ3n) is 17.3. The van der Waals surface area contributed by atoms with E-state index in [9.17, 15) is 34.2 Å². The molecule has 4 aliphatic heterocycles. The number of hydrogen-bond donors (Lipinski definition) is 4. The molecule has 19 heteroatoms. The van der Waals surface area contributed by atoms with E-state index in [2.05, 4.69) is 0 Å². The van der Waals surface area contributed by atoms with Crippen LogP contribution in [0.25, 0.3) is 0 Å². The van der Waals surface area contributed by atoms with Gasteiger partial charge in [0.05, 0.1) is 24.4 Å². The van der Waals surface area contributed by atoms with Crippen LogP contribution in [0, 0.1) is 47.3 Å². The molecule has 83 heavy (non-hydrogen) atoms. The number of ether oxygens (including phenoxy) is 8. The van der Waals surface area contributed by atoms with Gasteiger partial charge in [0.1, 0.15) is 30.7 Å². The lowest BCUT2D eigenvalue weighted by molar-refractivity contribution is -0.282. The first-order valence-electron chi connectivity index (χ1n) is 30.7. The highest BCUT2D eigenvalue weighted by atomic mass is 16.7. The summed E-state index contributed by atoms with van der Waals surface area (Å²) in [6.07, 6.45) is 10.9. The highest BCUT2D eigenvalue weighted by Crippen LogP contribution is 2.37. The largest absolute Gasteiger partial charge is 0.462 e. The van der Waals surface area contributed by atoms with Gasteiger partial charge in [0, 0.05) is 88.7 Å². The number of ketones is 2. The molecule has 2 saturated heterocycles. The lowest BCUT2D eigenvalue weighted by Gasteiger charge is -2.44. The zero-order valence-corrected chi connectivity index (χ0v) is 53.3. The Balaban J connectivity index is 0.000000436. The van der Waals surface area contributed by atoms with Crippen molar-refractivity contribution in [1.29, 1.82) is 0 Å². The SMILES string of the molecule is CC[C@H]1OC(=O)CC[C@H](C)[C@@H](OC2OC(C)CC(N(C)C)C2O)[C@@H](CC(OC)OC)C[C@@H](C)C(=O)/C=C/C(C)=C/[C@@H]1CN.CC[C@H]1OC(=O)CC[C@H](C)[C@@H](OC2OC(C)CC(N(C)C)C2O)[C@@H](CC=O)C[C@@H](C)C(=O)/C=C/C(C)=C/[C@@H]1CN. The van der Waals surface area contributed by atoms with Crippen LogP contribution in [-0.4, -0.2) is 185 Å². The van der Waals surface area contributed by atoms with Crippen LogP contribution in [0.15, 0.2) is 47.6 Å². The second-order valence-corrected chi connectivity index (χ2v) is 24.7. The van der Waals surface area contributed by atoms with Crippen molar-refractivity contribution in [2.75, 3.05) is 55.5 Å². The third kappa shape index (κ3) is 23.6. The smallest absolute Gasteiger partial charge is 0.306 e. The van der Waals surface area contributed by atoms with Crippen molar-refractivity contribution < 1.29 is 72.1 Å². The molecule has 0 amide bonds. The first kappa shape index (κ1) is 73.7. The molecular weight excluding hydrogens is 1060 g/mol. The summed E-state index contributed by atoms with van der Waals surface area (Å²) in [5, 5.41) is 22.4. The molecular formula is C64H110N4O15. The van der Waals surface area contributed by atoms with Gasteiger partial charge in [0.15, 0.2) is 30.4 Å². The summed E-state index contributed by atoms with van der Waals surface area (Å²) in [5.74, 6) is -2.47. The molecule has 8 unspecified atom stereocenters. The topological polar surface area (TPSA) is 258 Å². The number of carbonyl (C=O) groups is 5. The van der Waals surface area contributed by atoms with Crippen LogP contribution in [0.5, 0.6) is 0 Å². The van der Waals surface area contributed by atoms with E-state index in [1.807, 2.05) is 119 Å². The summed E-state index contributed by atoms with van der Waals surface area (Å²) in [7, 11) is 10.9. The second kappa shape index (κ2) is 37.2. The van der Waals surface area contributed by atoms with Crippen molar-refractivity contribution >= 4 is 29.8 Å². The molecule has 6 N–H and O–H groups in total. The van der Waals surface area contributed by atoms with E-state index in [0.29, 0.717) is 70.9 Å². The number of likely N-dealkylation sites (N-methyl/N-ethyl adjacent to an activating group) is 2. The molecule has 0 aromatic carbocycles. The van der Waals surface area contributed by atoms with Crippen molar-refractivity contribution in [2.24, 2.45) is 58.8 Å². The Hall–Kier alpha value is -3.57. The molecule has 0 radical (unpaired) electrons. The number of aliphatic hydroxyl groups excluding tert-OH is 2. The Labute approximate surface area is 497 Å². The van der Waals surface area contributed by atoms with E-state index in [1.165, 1.54) is 0 Å². The maximum Gasteiger partial charge on any atom is 0.306 e. The minimum Gasteiger partial charge on any atom is -0.462 e. The minimum atomic E-state index is -0.899. The number of carbonyl (C=O) groups excluding carboxylic acids is 5. The Morgan fingerprint density at radius 3 is 1.36 bits per heavy atom. The summed E-state index contributed by atoms with van der Waals surface area (Å²) < 4.78 is 48.4. The quantitative estimate of drug-likeness (QED) is 0.0673. The Morgan fingerprint density at radius 1 is 0.627 bits per heavy atom. The molecule has 0 saturated carbocycles. The molecule has 20 atom stereocenters. The van der Waals surface area contributed by atoms with Crippen molar-refractivity contribution in [3.8, 4) is 0 Å². The van der Waals surface area contributed by atoms with E-state index < -0.39 is 43.3 Å². The number of nitrogens with two attached hydrogens (primary N) is 2. The zero-order valence-electron chi connectivity index (χ0n) is 53.3. The average molecular weight is 1180 g/mol. The van der Waals surface area contributed by atoms with Crippen molar-refractivity contribution in [3.63, 3.8) is 0 Å². The predicted octanol–water partition coefficient (Wildman–Crippen LogP) is 7.27. The fourth-order valence-electron chi connectivity index (χ4n) is 12.2. The molecule has 4 aliphatic rings. The number of aldehydes is 1. The zero-order chi connectivity index (χ0) is 62.2. The average Bonchev–Trinajstić information content (AvgIpc) is 3.47. The van der Waals surface area contributed by atoms with Gasteiger partial charge < -0.3 is 74.2 Å². The molecule has 0 aliphatic carbocycles. The van der Waals surface area contributed by atoms with Gasteiger partial charge in [-0.1, -0.05) is 77.0 Å². The number of methoxy groups -OCH3 is 2. The van der Waals surface area contributed by atoms with E-state index >= 15 is 0 Å². The Morgan fingerprint density at radius 2 is 1.01 bits per heavy atom. The van der Waals surface area contributed by atoms with Crippen molar-refractivity contribution in [1.82, 2.24) is 9.80 Å². The lowest BCUT2D eigenvalue weighted by Crippen LogP contribution is -2.56. The number of esters is 2. The minimum absolute atomic E-state index is 0.000596. The summed E-state index contributed by atoms with van der Waals surface area (Å²) in [6, 6.07) is -0.295. The number of nitrogens with zero attached hydrogens (tertiary/aromatic N) is 2. The van der Waals surface area contributed by atoms with Gasteiger partial charge in [0.25, 0.3) is 0 Å². The third-order valence-corrected chi connectivity index (χ3v) is 17.3. The Kier molecular flexibility index (Phi) is 33.0. The Bertz CT molecular complexity index is 2100. The normalized spacial score (nSPS) is 38.4. The van der Waals surface area contributed by atoms with Crippen LogP contribution in [0.2, 0.25) is 0 Å². The highest BCUT2D eigenvalue weighted by Gasteiger charge is 2.44. The fourth-order valence-corrected chi connectivity index (χ4v) is 12.2. The molecule has 476 valence electrons. The summed E-state index contributed by atoms with van der Waals surface area (Å²) in [4.78, 5) is 68.2. The molecule has 4 heterocycles. The molecule has 2 fully saturated rings. The van der Waals surface area contributed by atoms with Crippen LogP contribution >= 0.6 is 0 Å². The summed E-state index contributed by atoms with van der Waals surface area (Å²) >= 11 is 0. The lowest BCUT2D eigenvalue weighted by atomic mass is 9.80. The molecule has 0 spiro atoms. The fraction of sp³-hybridized carbons (Fsp3) is 0.797. The number of aliphatic hydroxyl groups is 2. The van der Waals surface area contributed by atoms with E-state index in [-0.39, 0.29) is 127 Å². The second-order valence-electron chi connectivity index (χ2n) is 24.7.